The fraction of sp³-hybridized carbons (Fsp3) is 0.273. The lowest BCUT2D eigenvalue weighted by Crippen LogP contribution is -1.91. The summed E-state index contributed by atoms with van der Waals surface area (Å²) in [5.41, 5.74) is 4.30. The van der Waals surface area contributed by atoms with Gasteiger partial charge in [0.1, 0.15) is 0 Å². The van der Waals surface area contributed by atoms with Crippen LogP contribution in [0, 0.1) is 6.92 Å². The number of para-hydroxylation sites is 1. The molecular weight excluding hydrogens is 226 g/mol. The number of rotatable bonds is 0. The first kappa shape index (κ1) is 7.63. The van der Waals surface area contributed by atoms with E-state index >= 15 is 0 Å². The summed E-state index contributed by atoms with van der Waals surface area (Å²) in [6, 6.07) is 6.60. The molecule has 0 atom stereocenters. The summed E-state index contributed by atoms with van der Waals surface area (Å²) in [5, 5.41) is 1.40. The Labute approximate surface area is 85.5 Å². The highest BCUT2D eigenvalue weighted by Crippen LogP contribution is 2.35. The third-order valence-electron chi connectivity index (χ3n) is 2.94. The smallest absolute Gasteiger partial charge is 0.0887 e. The van der Waals surface area contributed by atoms with Gasteiger partial charge in [-0.2, -0.15) is 0 Å². The highest BCUT2D eigenvalue weighted by atomic mass is 79.9. The van der Waals surface area contributed by atoms with Gasteiger partial charge < -0.3 is 4.57 Å². The molecule has 0 unspecified atom stereocenters. The molecule has 0 N–H and O–H groups in total. The van der Waals surface area contributed by atoms with Crippen LogP contribution in [0.3, 0.4) is 0 Å². The molecule has 1 aliphatic heterocycles. The summed E-state index contributed by atoms with van der Waals surface area (Å²) < 4.78 is 3.63. The van der Waals surface area contributed by atoms with Gasteiger partial charge in [-0.05, 0) is 40.4 Å². The summed E-state index contributed by atoms with van der Waals surface area (Å²) in [6.07, 6.45) is 1.19. The van der Waals surface area contributed by atoms with Gasteiger partial charge in [-0.1, -0.05) is 18.2 Å². The first-order valence-electron chi connectivity index (χ1n) is 4.55. The first-order valence-corrected chi connectivity index (χ1v) is 5.34. The molecule has 2 heteroatoms. The lowest BCUT2D eigenvalue weighted by atomic mass is 10.1. The second-order valence-corrected chi connectivity index (χ2v) is 4.38. The van der Waals surface area contributed by atoms with E-state index in [4.69, 9.17) is 0 Å². The number of aryl methyl sites for hydroxylation is 3. The zero-order valence-corrected chi connectivity index (χ0v) is 9.06. The highest BCUT2D eigenvalue weighted by molar-refractivity contribution is 9.10. The average Bonchev–Trinajstić information content (AvgIpc) is 2.67. The maximum absolute atomic E-state index is 3.65. The number of hydrogen-bond donors (Lipinski definition) is 0. The number of hydrogen-bond acceptors (Lipinski definition) is 0. The summed E-state index contributed by atoms with van der Waals surface area (Å²) in [6.45, 7) is 3.31. The van der Waals surface area contributed by atoms with Crippen LogP contribution in [-0.4, -0.2) is 4.57 Å². The van der Waals surface area contributed by atoms with Gasteiger partial charge in [0.25, 0.3) is 0 Å². The van der Waals surface area contributed by atoms with Crippen LogP contribution in [0.25, 0.3) is 10.9 Å². The number of benzene rings is 1. The van der Waals surface area contributed by atoms with E-state index in [0.717, 1.165) is 6.54 Å². The Morgan fingerprint density at radius 2 is 2.23 bits per heavy atom. The summed E-state index contributed by atoms with van der Waals surface area (Å²) in [7, 11) is 0. The van der Waals surface area contributed by atoms with Crippen molar-refractivity contribution in [3.63, 3.8) is 0 Å². The predicted molar refractivity (Wildman–Crippen MR) is 58.1 cm³/mol. The predicted octanol–water partition coefficient (Wildman–Crippen LogP) is 3.27. The largest absolute Gasteiger partial charge is 0.334 e. The summed E-state index contributed by atoms with van der Waals surface area (Å²) >= 11 is 3.65. The molecule has 0 aliphatic carbocycles. The van der Waals surface area contributed by atoms with Crippen LogP contribution < -0.4 is 0 Å². The first-order chi connectivity index (χ1) is 6.29. The van der Waals surface area contributed by atoms with Crippen LogP contribution in [0.4, 0.5) is 0 Å². The number of halogens is 1. The monoisotopic (exact) mass is 235 g/mol. The van der Waals surface area contributed by atoms with Gasteiger partial charge in [0.2, 0.25) is 0 Å². The van der Waals surface area contributed by atoms with Gasteiger partial charge in [-0.25, -0.2) is 0 Å². The standard InChI is InChI=1S/C11H10BrN/c1-7-9-4-2-3-8-5-6-13(10(8)9)11(7)12/h2-4H,5-6H2,1H3. The number of aromatic nitrogens is 1. The van der Waals surface area contributed by atoms with Gasteiger partial charge in [0, 0.05) is 11.9 Å². The van der Waals surface area contributed by atoms with Crippen LogP contribution in [-0.2, 0) is 13.0 Å². The lowest BCUT2D eigenvalue weighted by Gasteiger charge is -1.97. The van der Waals surface area contributed by atoms with Crippen LogP contribution in [0.5, 0.6) is 0 Å². The molecule has 1 aromatic carbocycles. The Hall–Kier alpha value is -0.760. The molecule has 0 saturated carbocycles. The van der Waals surface area contributed by atoms with Gasteiger partial charge in [-0.3, -0.25) is 0 Å². The van der Waals surface area contributed by atoms with E-state index in [1.807, 2.05) is 0 Å². The SMILES string of the molecule is Cc1c(Br)n2c3c(cccc13)CC2. The molecule has 2 aromatic rings. The zero-order valence-electron chi connectivity index (χ0n) is 7.47. The van der Waals surface area contributed by atoms with Crippen LogP contribution >= 0.6 is 15.9 Å². The van der Waals surface area contributed by atoms with E-state index in [1.165, 1.54) is 33.1 Å². The molecule has 1 nitrogen and oxygen atoms in total. The Balaban J connectivity index is 2.61. The van der Waals surface area contributed by atoms with Gasteiger partial charge >= 0.3 is 0 Å². The fourth-order valence-electron chi connectivity index (χ4n) is 2.27. The van der Waals surface area contributed by atoms with E-state index in [9.17, 15) is 0 Å². The molecule has 0 fully saturated rings. The van der Waals surface area contributed by atoms with Gasteiger partial charge in [-0.15, -0.1) is 0 Å². The average molecular weight is 236 g/mol. The summed E-state index contributed by atoms with van der Waals surface area (Å²) in [4.78, 5) is 0. The van der Waals surface area contributed by atoms with Crippen LogP contribution in [0.15, 0.2) is 22.8 Å². The van der Waals surface area contributed by atoms with Crippen LogP contribution in [0.1, 0.15) is 11.1 Å². The molecule has 0 amide bonds. The van der Waals surface area contributed by atoms with Crippen molar-refractivity contribution in [1.29, 1.82) is 0 Å². The second kappa shape index (κ2) is 2.38. The molecule has 66 valence electrons. The minimum atomic E-state index is 1.13. The molecule has 0 saturated heterocycles. The van der Waals surface area contributed by atoms with Crippen molar-refractivity contribution in [3.05, 3.63) is 33.9 Å². The number of nitrogens with zero attached hydrogens (tertiary/aromatic N) is 1. The highest BCUT2D eigenvalue weighted by Gasteiger charge is 2.19. The molecule has 13 heavy (non-hydrogen) atoms. The van der Waals surface area contributed by atoms with Crippen molar-refractivity contribution in [2.75, 3.05) is 0 Å². The Bertz CT molecular complexity index is 496. The van der Waals surface area contributed by atoms with E-state index in [-0.39, 0.29) is 0 Å². The lowest BCUT2D eigenvalue weighted by molar-refractivity contribution is 0.753. The maximum Gasteiger partial charge on any atom is 0.0887 e. The van der Waals surface area contributed by atoms with Crippen molar-refractivity contribution in [2.45, 2.75) is 19.9 Å². The second-order valence-electron chi connectivity index (χ2n) is 3.63. The van der Waals surface area contributed by atoms with Crippen molar-refractivity contribution in [2.24, 2.45) is 0 Å². The van der Waals surface area contributed by atoms with Gasteiger partial charge in [0.05, 0.1) is 10.1 Å². The van der Waals surface area contributed by atoms with Crippen molar-refractivity contribution >= 4 is 26.8 Å². The minimum absolute atomic E-state index is 1.13. The molecule has 0 radical (unpaired) electrons. The normalized spacial score (nSPS) is 14.3. The minimum Gasteiger partial charge on any atom is -0.334 e. The zero-order chi connectivity index (χ0) is 9.00. The van der Waals surface area contributed by atoms with Crippen molar-refractivity contribution < 1.29 is 0 Å². The molecule has 3 rings (SSSR count). The van der Waals surface area contributed by atoms with Gasteiger partial charge in [0.15, 0.2) is 0 Å². The van der Waals surface area contributed by atoms with E-state index in [2.05, 4.69) is 45.6 Å². The molecular formula is C11H10BrN. The third kappa shape index (κ3) is 0.819. The Morgan fingerprint density at radius 1 is 1.38 bits per heavy atom. The Morgan fingerprint density at radius 3 is 3.08 bits per heavy atom. The van der Waals surface area contributed by atoms with Crippen molar-refractivity contribution in [3.8, 4) is 0 Å². The van der Waals surface area contributed by atoms with E-state index in [1.54, 1.807) is 0 Å². The third-order valence-corrected chi connectivity index (χ3v) is 3.97. The Kier molecular flexibility index (Phi) is 1.40. The molecule has 0 bridgehead atoms. The molecule has 1 aromatic heterocycles. The van der Waals surface area contributed by atoms with E-state index < -0.39 is 0 Å². The fourth-order valence-corrected chi connectivity index (χ4v) is 2.84. The summed E-state index contributed by atoms with van der Waals surface area (Å²) in [5.74, 6) is 0. The van der Waals surface area contributed by atoms with Crippen molar-refractivity contribution in [1.82, 2.24) is 4.57 Å². The van der Waals surface area contributed by atoms with Crippen LogP contribution in [0.2, 0.25) is 0 Å². The molecule has 1 aliphatic rings. The topological polar surface area (TPSA) is 4.93 Å². The molecule has 2 heterocycles. The quantitative estimate of drug-likeness (QED) is 0.661. The maximum atomic E-state index is 3.65. The van der Waals surface area contributed by atoms with E-state index in [0.29, 0.717) is 0 Å². The molecule has 0 spiro atoms.